The molecule has 0 fully saturated rings. The molecule has 0 spiro atoms. The Bertz CT molecular complexity index is 699. The first-order valence-corrected chi connectivity index (χ1v) is 8.78. The van der Waals surface area contributed by atoms with E-state index in [1.807, 2.05) is 61.5 Å². The second kappa shape index (κ2) is 10.2. The Hall–Kier alpha value is -2.82. The molecule has 5 heteroatoms. The highest BCUT2D eigenvalue weighted by Crippen LogP contribution is 2.11. The highest BCUT2D eigenvalue weighted by molar-refractivity contribution is 5.80. The van der Waals surface area contributed by atoms with Crippen LogP contribution in [0.25, 0.3) is 0 Å². The summed E-state index contributed by atoms with van der Waals surface area (Å²) in [6.07, 6.45) is 0.608. The van der Waals surface area contributed by atoms with Crippen LogP contribution in [0.5, 0.6) is 5.75 Å². The van der Waals surface area contributed by atoms with Gasteiger partial charge in [-0.15, -0.1) is 0 Å². The molecule has 0 radical (unpaired) electrons. The molecule has 0 aliphatic carbocycles. The molecule has 2 aromatic carbocycles. The molecule has 2 rings (SSSR count). The highest BCUT2D eigenvalue weighted by Gasteiger charge is 2.10. The van der Waals surface area contributed by atoms with Gasteiger partial charge in [0.2, 0.25) is 11.8 Å². The van der Waals surface area contributed by atoms with E-state index in [2.05, 4.69) is 5.32 Å². The summed E-state index contributed by atoms with van der Waals surface area (Å²) < 4.78 is 5.63. The number of carbonyl (C=O) groups excluding carboxylic acids is 2. The van der Waals surface area contributed by atoms with Crippen molar-refractivity contribution in [3.63, 3.8) is 0 Å². The molecular formula is C21H26N2O3. The number of nitrogens with zero attached hydrogens (tertiary/aromatic N) is 1. The molecule has 0 aromatic heterocycles. The van der Waals surface area contributed by atoms with Crippen molar-refractivity contribution in [1.29, 1.82) is 0 Å². The van der Waals surface area contributed by atoms with Gasteiger partial charge in [-0.05, 0) is 24.6 Å². The number of likely N-dealkylation sites (N-methyl/N-ethyl adjacent to an activating group) is 1. The van der Waals surface area contributed by atoms with Crippen LogP contribution in [0, 0.1) is 6.92 Å². The van der Waals surface area contributed by atoms with Gasteiger partial charge in [0.25, 0.3) is 0 Å². The molecule has 0 bridgehead atoms. The van der Waals surface area contributed by atoms with Gasteiger partial charge in [0, 0.05) is 20.0 Å². The zero-order valence-electron chi connectivity index (χ0n) is 15.4. The topological polar surface area (TPSA) is 58.6 Å². The van der Waals surface area contributed by atoms with E-state index in [-0.39, 0.29) is 18.2 Å². The lowest BCUT2D eigenvalue weighted by atomic mass is 10.1. The van der Waals surface area contributed by atoms with Crippen LogP contribution in [0.2, 0.25) is 0 Å². The van der Waals surface area contributed by atoms with Gasteiger partial charge in [0.1, 0.15) is 12.4 Å². The lowest BCUT2D eigenvalue weighted by molar-refractivity contribution is -0.130. The molecule has 1 N–H and O–H groups in total. The zero-order chi connectivity index (χ0) is 18.8. The van der Waals surface area contributed by atoms with E-state index in [4.69, 9.17) is 4.74 Å². The summed E-state index contributed by atoms with van der Waals surface area (Å²) in [5.74, 6) is 0.705. The minimum absolute atomic E-state index is 0.0162. The Labute approximate surface area is 155 Å². The summed E-state index contributed by atoms with van der Waals surface area (Å²) in [7, 11) is 1.74. The second-order valence-corrected chi connectivity index (χ2v) is 6.24. The summed E-state index contributed by atoms with van der Waals surface area (Å²) in [6.45, 7) is 3.30. The Kier molecular flexibility index (Phi) is 7.68. The van der Waals surface area contributed by atoms with Gasteiger partial charge < -0.3 is 15.0 Å². The van der Waals surface area contributed by atoms with E-state index < -0.39 is 0 Å². The maximum absolute atomic E-state index is 12.1. The van der Waals surface area contributed by atoms with Gasteiger partial charge in [-0.2, -0.15) is 0 Å². The summed E-state index contributed by atoms with van der Waals surface area (Å²) >= 11 is 0. The average Bonchev–Trinajstić information content (AvgIpc) is 2.64. The number of benzene rings is 2. The molecule has 26 heavy (non-hydrogen) atoms. The van der Waals surface area contributed by atoms with Crippen LogP contribution in [-0.4, -0.2) is 43.5 Å². The third kappa shape index (κ3) is 6.97. The van der Waals surface area contributed by atoms with E-state index in [9.17, 15) is 9.59 Å². The van der Waals surface area contributed by atoms with Crippen LogP contribution in [0.15, 0.2) is 54.6 Å². The third-order valence-electron chi connectivity index (χ3n) is 4.01. The van der Waals surface area contributed by atoms with Crippen LogP contribution >= 0.6 is 0 Å². The first-order valence-electron chi connectivity index (χ1n) is 8.78. The number of hydrogen-bond acceptors (Lipinski definition) is 3. The normalized spacial score (nSPS) is 10.2. The van der Waals surface area contributed by atoms with Gasteiger partial charge in [-0.3, -0.25) is 9.59 Å². The molecule has 0 saturated heterocycles. The maximum Gasteiger partial charge on any atom is 0.224 e. The molecule has 0 aliphatic rings. The number of hydrogen-bond donors (Lipinski definition) is 1. The van der Waals surface area contributed by atoms with Gasteiger partial charge in [-0.1, -0.05) is 48.0 Å². The third-order valence-corrected chi connectivity index (χ3v) is 4.01. The highest BCUT2D eigenvalue weighted by atomic mass is 16.5. The summed E-state index contributed by atoms with van der Waals surface area (Å²) in [6, 6.07) is 17.3. The molecule has 0 atom stereocenters. The minimum Gasteiger partial charge on any atom is -0.492 e. The van der Waals surface area contributed by atoms with Crippen molar-refractivity contribution < 1.29 is 14.3 Å². The van der Waals surface area contributed by atoms with Gasteiger partial charge in [0.15, 0.2) is 0 Å². The molecule has 0 aliphatic heterocycles. The van der Waals surface area contributed by atoms with Crippen molar-refractivity contribution in [3.05, 3.63) is 65.7 Å². The van der Waals surface area contributed by atoms with Crippen LogP contribution in [0.4, 0.5) is 0 Å². The van der Waals surface area contributed by atoms with E-state index in [1.165, 1.54) is 5.56 Å². The van der Waals surface area contributed by atoms with Crippen molar-refractivity contribution in [1.82, 2.24) is 10.2 Å². The largest absolute Gasteiger partial charge is 0.492 e. The summed E-state index contributed by atoms with van der Waals surface area (Å²) in [4.78, 5) is 25.6. The molecule has 5 nitrogen and oxygen atoms in total. The number of carbonyl (C=O) groups is 2. The van der Waals surface area contributed by atoms with Gasteiger partial charge in [0.05, 0.1) is 13.0 Å². The van der Waals surface area contributed by atoms with Crippen LogP contribution in [-0.2, 0) is 16.0 Å². The standard InChI is InChI=1S/C21H26N2O3/c1-17-8-10-19(11-9-17)26-15-14-23(2)21(25)12-13-22-20(24)16-18-6-4-3-5-7-18/h3-11H,12-16H2,1-2H3,(H,22,24). The van der Waals surface area contributed by atoms with E-state index in [0.29, 0.717) is 26.1 Å². The smallest absolute Gasteiger partial charge is 0.224 e. The monoisotopic (exact) mass is 354 g/mol. The van der Waals surface area contributed by atoms with Crippen LogP contribution in [0.1, 0.15) is 17.5 Å². The van der Waals surface area contributed by atoms with E-state index in [1.54, 1.807) is 11.9 Å². The SMILES string of the molecule is Cc1ccc(OCCN(C)C(=O)CCNC(=O)Cc2ccccc2)cc1. The molecular weight excluding hydrogens is 328 g/mol. The van der Waals surface area contributed by atoms with E-state index >= 15 is 0 Å². The lowest BCUT2D eigenvalue weighted by Gasteiger charge is -2.17. The minimum atomic E-state index is -0.0747. The number of rotatable bonds is 9. The molecule has 138 valence electrons. The lowest BCUT2D eigenvalue weighted by Crippen LogP contribution is -2.34. The van der Waals surface area contributed by atoms with Crippen molar-refractivity contribution in [2.75, 3.05) is 26.7 Å². The summed E-state index contributed by atoms with van der Waals surface area (Å²) in [5, 5.41) is 2.79. The predicted octanol–water partition coefficient (Wildman–Crippen LogP) is 2.58. The second-order valence-electron chi connectivity index (χ2n) is 6.24. The molecule has 0 heterocycles. The van der Waals surface area contributed by atoms with Crippen molar-refractivity contribution >= 4 is 11.8 Å². The van der Waals surface area contributed by atoms with Crippen LogP contribution < -0.4 is 10.1 Å². The summed E-state index contributed by atoms with van der Waals surface area (Å²) in [5.41, 5.74) is 2.14. The fraction of sp³-hybridized carbons (Fsp3) is 0.333. The Balaban J connectivity index is 1.60. The van der Waals surface area contributed by atoms with Crippen LogP contribution in [0.3, 0.4) is 0 Å². The van der Waals surface area contributed by atoms with Gasteiger partial charge >= 0.3 is 0 Å². The number of ether oxygens (including phenoxy) is 1. The Morgan fingerprint density at radius 2 is 1.73 bits per heavy atom. The Morgan fingerprint density at radius 3 is 2.42 bits per heavy atom. The first-order chi connectivity index (χ1) is 12.5. The molecule has 2 amide bonds. The average molecular weight is 354 g/mol. The molecule has 2 aromatic rings. The van der Waals surface area contributed by atoms with Crippen molar-refractivity contribution in [2.45, 2.75) is 19.8 Å². The molecule has 0 unspecified atom stereocenters. The van der Waals surface area contributed by atoms with Gasteiger partial charge in [-0.25, -0.2) is 0 Å². The van der Waals surface area contributed by atoms with Crippen molar-refractivity contribution in [2.24, 2.45) is 0 Å². The Morgan fingerprint density at radius 1 is 1.04 bits per heavy atom. The number of amides is 2. The maximum atomic E-state index is 12.1. The van der Waals surface area contributed by atoms with E-state index in [0.717, 1.165) is 11.3 Å². The fourth-order valence-electron chi connectivity index (χ4n) is 2.40. The number of nitrogens with one attached hydrogen (secondary N) is 1. The zero-order valence-corrected chi connectivity index (χ0v) is 15.4. The number of aryl methyl sites for hydroxylation is 1. The predicted molar refractivity (Wildman–Crippen MR) is 102 cm³/mol. The first kappa shape index (κ1) is 19.5. The molecule has 0 saturated carbocycles. The van der Waals surface area contributed by atoms with Crippen molar-refractivity contribution in [3.8, 4) is 5.75 Å². The quantitative estimate of drug-likeness (QED) is 0.753. The fourth-order valence-corrected chi connectivity index (χ4v) is 2.40.